The molecule has 0 amide bonds. The first-order chi connectivity index (χ1) is 8.19. The van der Waals surface area contributed by atoms with Gasteiger partial charge in [-0.2, -0.15) is 0 Å². The van der Waals surface area contributed by atoms with Crippen molar-refractivity contribution in [2.45, 2.75) is 49.3 Å². The van der Waals surface area contributed by atoms with E-state index in [1.165, 1.54) is 5.56 Å². The molecule has 2 rings (SSSR count). The normalized spacial score (nSPS) is 26.1. The molecule has 2 unspecified atom stereocenters. The van der Waals surface area contributed by atoms with Crippen LogP contribution in [0.5, 0.6) is 0 Å². The van der Waals surface area contributed by atoms with Crippen LogP contribution in [0.25, 0.3) is 0 Å². The van der Waals surface area contributed by atoms with E-state index in [1.54, 1.807) is 13.0 Å². The monoisotopic (exact) mass is 267 g/mol. The molecule has 0 fully saturated rings. The van der Waals surface area contributed by atoms with Crippen molar-refractivity contribution >= 4 is 9.84 Å². The summed E-state index contributed by atoms with van der Waals surface area (Å²) in [5, 5.41) is 2.73. The molecule has 0 aliphatic carbocycles. The van der Waals surface area contributed by atoms with E-state index in [-0.39, 0.29) is 11.5 Å². The summed E-state index contributed by atoms with van der Waals surface area (Å²) >= 11 is 0. The summed E-state index contributed by atoms with van der Waals surface area (Å²) in [7, 11) is -1.36. The Hall–Kier alpha value is -0.870. The molecule has 0 spiro atoms. The van der Waals surface area contributed by atoms with Crippen molar-refractivity contribution in [3.63, 3.8) is 0 Å². The minimum absolute atomic E-state index is 0.0307. The molecule has 4 heteroatoms. The smallest absolute Gasteiger partial charge is 0.183 e. The van der Waals surface area contributed by atoms with Crippen molar-refractivity contribution < 1.29 is 8.42 Å². The Kier molecular flexibility index (Phi) is 3.06. The minimum atomic E-state index is -3.17. The Morgan fingerprint density at radius 2 is 1.83 bits per heavy atom. The van der Waals surface area contributed by atoms with Gasteiger partial charge in [0.2, 0.25) is 0 Å². The SMILES string of the molecule is CNC1c2cc(C(C)(C)C)ccc2S(=O)(=O)C1C. The van der Waals surface area contributed by atoms with Crippen molar-refractivity contribution in [3.8, 4) is 0 Å². The highest BCUT2D eigenvalue weighted by Gasteiger charge is 2.41. The predicted molar refractivity (Wildman–Crippen MR) is 73.6 cm³/mol. The predicted octanol–water partition coefficient (Wildman–Crippen LogP) is 2.42. The lowest BCUT2D eigenvalue weighted by Crippen LogP contribution is -2.26. The van der Waals surface area contributed by atoms with Gasteiger partial charge < -0.3 is 5.32 Å². The van der Waals surface area contributed by atoms with Crippen LogP contribution in [0, 0.1) is 0 Å². The van der Waals surface area contributed by atoms with Gasteiger partial charge in [0.1, 0.15) is 0 Å². The second-order valence-corrected chi connectivity index (χ2v) is 8.29. The van der Waals surface area contributed by atoms with E-state index >= 15 is 0 Å². The van der Waals surface area contributed by atoms with Crippen molar-refractivity contribution in [2.75, 3.05) is 7.05 Å². The zero-order chi connectivity index (χ0) is 13.7. The van der Waals surface area contributed by atoms with Gasteiger partial charge in [-0.15, -0.1) is 0 Å². The number of rotatable bonds is 1. The summed E-state index contributed by atoms with van der Waals surface area (Å²) in [4.78, 5) is 0.488. The number of fused-ring (bicyclic) bond motifs is 1. The molecule has 0 aromatic heterocycles. The Labute approximate surface area is 110 Å². The van der Waals surface area contributed by atoms with E-state index in [4.69, 9.17) is 0 Å². The van der Waals surface area contributed by atoms with Crippen molar-refractivity contribution in [2.24, 2.45) is 0 Å². The molecule has 0 bridgehead atoms. The molecule has 100 valence electrons. The van der Waals surface area contributed by atoms with Gasteiger partial charge in [-0.25, -0.2) is 8.42 Å². The van der Waals surface area contributed by atoms with Crippen LogP contribution in [-0.2, 0) is 15.3 Å². The van der Waals surface area contributed by atoms with Gasteiger partial charge in [-0.1, -0.05) is 32.9 Å². The molecule has 0 saturated heterocycles. The fourth-order valence-corrected chi connectivity index (χ4v) is 4.35. The lowest BCUT2D eigenvalue weighted by molar-refractivity contribution is 0.550. The molecule has 1 aliphatic rings. The topological polar surface area (TPSA) is 46.2 Å². The maximum absolute atomic E-state index is 12.3. The molecule has 18 heavy (non-hydrogen) atoms. The fourth-order valence-electron chi connectivity index (χ4n) is 2.54. The summed E-state index contributed by atoms with van der Waals surface area (Å²) in [6, 6.07) is 5.63. The number of nitrogens with one attached hydrogen (secondary N) is 1. The van der Waals surface area contributed by atoms with Crippen LogP contribution in [0.4, 0.5) is 0 Å². The van der Waals surface area contributed by atoms with Crippen molar-refractivity contribution in [1.82, 2.24) is 5.32 Å². The second-order valence-electron chi connectivity index (χ2n) is 6.02. The van der Waals surface area contributed by atoms with Crippen molar-refractivity contribution in [3.05, 3.63) is 29.3 Å². The second kappa shape index (κ2) is 4.07. The van der Waals surface area contributed by atoms with E-state index in [0.29, 0.717) is 4.90 Å². The first-order valence-corrected chi connectivity index (χ1v) is 7.80. The van der Waals surface area contributed by atoms with Gasteiger partial charge in [-0.05, 0) is 36.6 Å². The number of hydrogen-bond acceptors (Lipinski definition) is 3. The molecule has 1 aromatic rings. The molecule has 1 aliphatic heterocycles. The largest absolute Gasteiger partial charge is 0.312 e. The van der Waals surface area contributed by atoms with Crippen LogP contribution in [0.3, 0.4) is 0 Å². The van der Waals surface area contributed by atoms with Crippen LogP contribution in [0.2, 0.25) is 0 Å². The van der Waals surface area contributed by atoms with Gasteiger partial charge in [-0.3, -0.25) is 0 Å². The van der Waals surface area contributed by atoms with E-state index in [0.717, 1.165) is 5.56 Å². The Balaban J connectivity index is 2.65. The summed E-state index contributed by atoms with van der Waals surface area (Å²) in [5.41, 5.74) is 2.12. The molecule has 0 saturated carbocycles. The molecule has 0 radical (unpaired) electrons. The van der Waals surface area contributed by atoms with Crippen molar-refractivity contribution in [1.29, 1.82) is 0 Å². The molecule has 3 nitrogen and oxygen atoms in total. The third-order valence-corrected chi connectivity index (χ3v) is 6.02. The highest BCUT2D eigenvalue weighted by Crippen LogP contribution is 2.40. The van der Waals surface area contributed by atoms with Crippen LogP contribution < -0.4 is 5.32 Å². The molecule has 1 heterocycles. The Morgan fingerprint density at radius 3 is 2.33 bits per heavy atom. The lowest BCUT2D eigenvalue weighted by Gasteiger charge is -2.21. The zero-order valence-electron chi connectivity index (χ0n) is 11.6. The van der Waals surface area contributed by atoms with Gasteiger partial charge in [0.15, 0.2) is 9.84 Å². The summed E-state index contributed by atoms with van der Waals surface area (Å²) in [6.45, 7) is 8.18. The van der Waals surface area contributed by atoms with Gasteiger partial charge in [0, 0.05) is 0 Å². The molecule has 1 N–H and O–H groups in total. The maximum Gasteiger partial charge on any atom is 0.183 e. The average molecular weight is 267 g/mol. The zero-order valence-corrected chi connectivity index (χ0v) is 12.4. The van der Waals surface area contributed by atoms with Crippen LogP contribution in [0.15, 0.2) is 23.1 Å². The molecular formula is C14H21NO2S. The maximum atomic E-state index is 12.3. The van der Waals surface area contributed by atoms with E-state index in [1.807, 2.05) is 19.2 Å². The highest BCUT2D eigenvalue weighted by atomic mass is 32.2. The third-order valence-electron chi connectivity index (χ3n) is 3.79. The quantitative estimate of drug-likeness (QED) is 0.850. The number of sulfone groups is 1. The van der Waals surface area contributed by atoms with Gasteiger partial charge in [0.05, 0.1) is 16.2 Å². The molecule has 2 atom stereocenters. The lowest BCUT2D eigenvalue weighted by atomic mass is 9.85. The standard InChI is InChI=1S/C14H21NO2S/c1-9-13(15-5)11-8-10(14(2,3)4)6-7-12(11)18(9,16)17/h6-9,13,15H,1-5H3. The van der Waals surface area contributed by atoms with Crippen LogP contribution >= 0.6 is 0 Å². The van der Waals surface area contributed by atoms with Crippen LogP contribution in [0.1, 0.15) is 44.9 Å². The minimum Gasteiger partial charge on any atom is -0.312 e. The first kappa shape index (κ1) is 13.6. The van der Waals surface area contributed by atoms with E-state index < -0.39 is 15.1 Å². The summed E-state index contributed by atoms with van der Waals surface area (Å²) in [6.07, 6.45) is 0. The Bertz CT molecular complexity index is 570. The first-order valence-electron chi connectivity index (χ1n) is 6.25. The average Bonchev–Trinajstić information content (AvgIpc) is 2.46. The van der Waals surface area contributed by atoms with E-state index in [2.05, 4.69) is 26.1 Å². The molecular weight excluding hydrogens is 246 g/mol. The Morgan fingerprint density at radius 1 is 1.22 bits per heavy atom. The van der Waals surface area contributed by atoms with Gasteiger partial charge in [0.25, 0.3) is 0 Å². The fraction of sp³-hybridized carbons (Fsp3) is 0.571. The summed E-state index contributed by atoms with van der Waals surface area (Å²) < 4.78 is 24.5. The van der Waals surface area contributed by atoms with Gasteiger partial charge >= 0.3 is 0 Å². The summed E-state index contributed by atoms with van der Waals surface area (Å²) in [5.74, 6) is 0. The third kappa shape index (κ3) is 1.88. The highest BCUT2D eigenvalue weighted by molar-refractivity contribution is 7.92. The van der Waals surface area contributed by atoms with E-state index in [9.17, 15) is 8.42 Å². The van der Waals surface area contributed by atoms with Crippen LogP contribution in [-0.4, -0.2) is 20.7 Å². The number of benzene rings is 1. The molecule has 1 aromatic carbocycles. The number of hydrogen-bond donors (Lipinski definition) is 1.